The second-order valence-electron chi connectivity index (χ2n) is 6.82. The molecule has 0 radical (unpaired) electrons. The molecule has 2 atom stereocenters. The number of halogens is 2. The summed E-state index contributed by atoms with van der Waals surface area (Å²) < 4.78 is 26.7. The van der Waals surface area contributed by atoms with Crippen LogP contribution in [0.2, 0.25) is 12.6 Å². The Morgan fingerprint density at radius 2 is 1.54 bits per heavy atom. The Kier molecular flexibility index (Phi) is 5.13. The van der Waals surface area contributed by atoms with Crippen LogP contribution in [0.25, 0.3) is 0 Å². The van der Waals surface area contributed by atoms with Gasteiger partial charge in [-0.15, -0.1) is 0 Å². The molecule has 2 nitrogen and oxygen atoms in total. The van der Waals surface area contributed by atoms with E-state index in [2.05, 4.69) is 11.9 Å². The summed E-state index contributed by atoms with van der Waals surface area (Å²) in [4.78, 5) is 0. The van der Waals surface area contributed by atoms with Crippen molar-refractivity contribution in [2.45, 2.75) is 37.6 Å². The largest absolute Gasteiger partial charge is 0.392 e. The molecule has 1 heterocycles. The molecule has 0 aliphatic carbocycles. The van der Waals surface area contributed by atoms with Gasteiger partial charge in [-0.1, -0.05) is 41.2 Å². The van der Waals surface area contributed by atoms with E-state index in [0.717, 1.165) is 29.8 Å². The average molecular weight is 347 g/mol. The van der Waals surface area contributed by atoms with Gasteiger partial charge in [0.15, 0.2) is 0 Å². The first-order chi connectivity index (χ1) is 11.5. The van der Waals surface area contributed by atoms with Crippen LogP contribution in [0.15, 0.2) is 48.5 Å². The summed E-state index contributed by atoms with van der Waals surface area (Å²) in [5, 5.41) is 16.2. The van der Waals surface area contributed by atoms with Crippen LogP contribution < -0.4 is 15.7 Å². The minimum Gasteiger partial charge on any atom is -0.392 e. The highest BCUT2D eigenvalue weighted by molar-refractivity contribution is 7.01. The van der Waals surface area contributed by atoms with Crippen molar-refractivity contribution in [3.8, 4) is 0 Å². The van der Waals surface area contributed by atoms with Crippen LogP contribution in [0.4, 0.5) is 8.78 Å². The molecule has 1 aliphatic rings. The lowest BCUT2D eigenvalue weighted by molar-refractivity contribution is 0.153. The minimum atomic E-state index is -2.30. The van der Waals surface area contributed by atoms with Crippen LogP contribution in [0.3, 0.4) is 0 Å². The van der Waals surface area contributed by atoms with Gasteiger partial charge in [-0.05, 0) is 49.7 Å². The van der Waals surface area contributed by atoms with Gasteiger partial charge in [0.1, 0.15) is 19.7 Å². The van der Waals surface area contributed by atoms with Gasteiger partial charge >= 0.3 is 0 Å². The molecule has 0 bridgehead atoms. The van der Waals surface area contributed by atoms with Gasteiger partial charge in [0.2, 0.25) is 0 Å². The molecule has 3 rings (SSSR count). The predicted octanol–water partition coefficient (Wildman–Crippen LogP) is 2.27. The molecule has 0 spiro atoms. The third-order valence-corrected chi connectivity index (χ3v) is 9.59. The fourth-order valence-electron chi connectivity index (χ4n) is 3.64. The summed E-state index contributed by atoms with van der Waals surface area (Å²) >= 11 is 0. The van der Waals surface area contributed by atoms with Crippen molar-refractivity contribution in [1.82, 2.24) is 5.32 Å². The van der Waals surface area contributed by atoms with Crippen LogP contribution in [0, 0.1) is 11.6 Å². The van der Waals surface area contributed by atoms with Crippen molar-refractivity contribution in [3.63, 3.8) is 0 Å². The third kappa shape index (κ3) is 3.58. The molecule has 2 aromatic carbocycles. The highest BCUT2D eigenvalue weighted by Crippen LogP contribution is 2.20. The van der Waals surface area contributed by atoms with Crippen LogP contribution in [0.5, 0.6) is 0 Å². The zero-order valence-electron chi connectivity index (χ0n) is 13.8. The number of hydrogen-bond acceptors (Lipinski definition) is 2. The summed E-state index contributed by atoms with van der Waals surface area (Å²) in [6.45, 7) is 3.10. The number of rotatable bonds is 5. The molecule has 1 fully saturated rings. The number of aliphatic hydroxyl groups is 1. The van der Waals surface area contributed by atoms with Gasteiger partial charge in [0.25, 0.3) is 0 Å². The molecule has 0 unspecified atom stereocenters. The molecule has 0 aromatic heterocycles. The highest BCUT2D eigenvalue weighted by atomic mass is 28.3. The Morgan fingerprint density at radius 1 is 1.04 bits per heavy atom. The van der Waals surface area contributed by atoms with Gasteiger partial charge in [0, 0.05) is 6.04 Å². The lowest BCUT2D eigenvalue weighted by atomic mass is 10.1. The Hall–Kier alpha value is -1.56. The third-order valence-electron chi connectivity index (χ3n) is 5.14. The molecule has 2 aromatic rings. The smallest absolute Gasteiger partial charge is 0.123 e. The molecule has 1 saturated heterocycles. The van der Waals surface area contributed by atoms with E-state index in [1.165, 1.54) is 24.3 Å². The molecule has 5 heteroatoms. The van der Waals surface area contributed by atoms with Crippen molar-refractivity contribution in [3.05, 3.63) is 60.2 Å². The van der Waals surface area contributed by atoms with Gasteiger partial charge in [0.05, 0.1) is 6.10 Å². The summed E-state index contributed by atoms with van der Waals surface area (Å²) in [6, 6.07) is 13.8. The lowest BCUT2D eigenvalue weighted by Gasteiger charge is -2.33. The first kappa shape index (κ1) is 17.3. The maximum absolute atomic E-state index is 13.3. The van der Waals surface area contributed by atoms with Crippen LogP contribution in [0.1, 0.15) is 12.8 Å². The first-order valence-corrected chi connectivity index (χ1v) is 11.1. The SMILES string of the molecule is C[Si](C[C@@H](O)[C@@H]1CCCN1)(c1ccc(F)cc1)c1ccc(F)cc1. The molecule has 24 heavy (non-hydrogen) atoms. The van der Waals surface area contributed by atoms with Crippen LogP contribution in [-0.2, 0) is 0 Å². The van der Waals surface area contributed by atoms with E-state index < -0.39 is 14.2 Å². The van der Waals surface area contributed by atoms with Crippen molar-refractivity contribution in [1.29, 1.82) is 0 Å². The summed E-state index contributed by atoms with van der Waals surface area (Å²) in [5.74, 6) is -0.542. The van der Waals surface area contributed by atoms with E-state index in [1.54, 1.807) is 24.3 Å². The summed E-state index contributed by atoms with van der Waals surface area (Å²) in [5.41, 5.74) is 0. The van der Waals surface area contributed by atoms with Gasteiger partial charge < -0.3 is 10.4 Å². The van der Waals surface area contributed by atoms with Gasteiger partial charge in [-0.25, -0.2) is 8.78 Å². The van der Waals surface area contributed by atoms with E-state index in [9.17, 15) is 13.9 Å². The molecular weight excluding hydrogens is 324 g/mol. The zero-order chi connectivity index (χ0) is 17.2. The normalized spacial score (nSPS) is 19.4. The van der Waals surface area contributed by atoms with Gasteiger partial charge in [-0.2, -0.15) is 0 Å². The van der Waals surface area contributed by atoms with E-state index >= 15 is 0 Å². The van der Waals surface area contributed by atoms with Crippen molar-refractivity contribution in [2.75, 3.05) is 6.54 Å². The van der Waals surface area contributed by atoms with E-state index in [4.69, 9.17) is 0 Å². The molecule has 128 valence electrons. The monoisotopic (exact) mass is 347 g/mol. The van der Waals surface area contributed by atoms with Crippen molar-refractivity contribution in [2.24, 2.45) is 0 Å². The van der Waals surface area contributed by atoms with Gasteiger partial charge in [-0.3, -0.25) is 0 Å². The highest BCUT2D eigenvalue weighted by Gasteiger charge is 2.37. The van der Waals surface area contributed by atoms with E-state index in [0.29, 0.717) is 6.04 Å². The minimum absolute atomic E-state index is 0.109. The molecule has 0 amide bonds. The fourth-order valence-corrected chi connectivity index (χ4v) is 7.37. The Morgan fingerprint density at radius 3 is 1.96 bits per heavy atom. The second-order valence-corrected chi connectivity index (χ2v) is 11.0. The Bertz CT molecular complexity index is 623. The fraction of sp³-hybridized carbons (Fsp3) is 0.368. The number of hydrogen-bond donors (Lipinski definition) is 2. The van der Waals surface area contributed by atoms with Crippen molar-refractivity contribution < 1.29 is 13.9 Å². The second kappa shape index (κ2) is 7.13. The summed E-state index contributed by atoms with van der Waals surface area (Å²) in [6.07, 6.45) is 1.59. The van der Waals surface area contributed by atoms with Crippen molar-refractivity contribution >= 4 is 18.4 Å². The molecule has 1 aliphatic heterocycles. The Labute approximate surface area is 142 Å². The average Bonchev–Trinajstić information content (AvgIpc) is 3.10. The topological polar surface area (TPSA) is 32.3 Å². The van der Waals surface area contributed by atoms with E-state index in [1.807, 2.05) is 0 Å². The predicted molar refractivity (Wildman–Crippen MR) is 95.5 cm³/mol. The zero-order valence-corrected chi connectivity index (χ0v) is 14.8. The maximum Gasteiger partial charge on any atom is 0.123 e. The summed E-state index contributed by atoms with van der Waals surface area (Å²) in [7, 11) is -2.30. The van der Waals surface area contributed by atoms with E-state index in [-0.39, 0.29) is 17.7 Å². The number of nitrogens with one attached hydrogen (secondary N) is 1. The maximum atomic E-state index is 13.3. The standard InChI is InChI=1S/C19H23F2NOSi/c1-24(16-8-4-14(20)5-9-16,17-10-6-15(21)7-11-17)13-19(23)18-3-2-12-22-18/h4-11,18-19,22-23H,2-3,12-13H2,1H3/t18-,19+/m0/s1. The Balaban J connectivity index is 1.96. The molecular formula is C19H23F2NOSi. The van der Waals surface area contributed by atoms with Crippen LogP contribution in [-0.4, -0.2) is 31.9 Å². The first-order valence-electron chi connectivity index (χ1n) is 8.42. The number of aliphatic hydroxyl groups excluding tert-OH is 1. The number of benzene rings is 2. The molecule has 0 saturated carbocycles. The lowest BCUT2D eigenvalue weighted by Crippen LogP contribution is -2.58. The van der Waals surface area contributed by atoms with Crippen LogP contribution >= 0.6 is 0 Å². The quantitative estimate of drug-likeness (QED) is 0.814. The molecule has 2 N–H and O–H groups in total.